The molecule has 0 unspecified atom stereocenters. The molecule has 0 aliphatic heterocycles. The van der Waals surface area contributed by atoms with E-state index in [0.29, 0.717) is 38.7 Å². The van der Waals surface area contributed by atoms with Crippen LogP contribution in [0, 0.1) is 0 Å². The van der Waals surface area contributed by atoms with Crippen LogP contribution in [0.4, 0.5) is 5.69 Å². The molecule has 1 amide bonds. The molecule has 0 spiro atoms. The van der Waals surface area contributed by atoms with Gasteiger partial charge in [0.25, 0.3) is 5.91 Å². The average Bonchev–Trinajstić information content (AvgIpc) is 2.50. The van der Waals surface area contributed by atoms with Crippen LogP contribution in [0.15, 0.2) is 36.4 Å². The molecule has 6 heteroatoms. The molecule has 0 saturated heterocycles. The molecule has 2 aromatic carbocycles. The Kier molecular flexibility index (Phi) is 6.58. The zero-order valence-electron chi connectivity index (χ0n) is 12.5. The highest BCUT2D eigenvalue weighted by Crippen LogP contribution is 2.34. The number of unbranched alkanes of at least 4 members (excludes halogenated alkanes) is 1. The van der Waals surface area contributed by atoms with Gasteiger partial charge in [-0.2, -0.15) is 0 Å². The van der Waals surface area contributed by atoms with Crippen LogP contribution >= 0.6 is 34.8 Å². The molecule has 0 bridgehead atoms. The highest BCUT2D eigenvalue weighted by Gasteiger charge is 2.14. The number of nitrogens with one attached hydrogen (secondary N) is 1. The van der Waals surface area contributed by atoms with Crippen molar-refractivity contribution in [2.75, 3.05) is 11.9 Å². The van der Waals surface area contributed by atoms with E-state index in [1.165, 1.54) is 12.1 Å². The van der Waals surface area contributed by atoms with Crippen LogP contribution in [0.2, 0.25) is 15.1 Å². The minimum atomic E-state index is -0.323. The summed E-state index contributed by atoms with van der Waals surface area (Å²) in [5.74, 6) is 0.0808. The molecule has 1 N–H and O–H groups in total. The van der Waals surface area contributed by atoms with Gasteiger partial charge >= 0.3 is 0 Å². The van der Waals surface area contributed by atoms with Crippen molar-refractivity contribution in [2.45, 2.75) is 19.8 Å². The van der Waals surface area contributed by atoms with E-state index in [4.69, 9.17) is 39.5 Å². The number of hydrogen-bond donors (Lipinski definition) is 1. The highest BCUT2D eigenvalue weighted by molar-refractivity contribution is 6.37. The van der Waals surface area contributed by atoms with Crippen molar-refractivity contribution in [2.24, 2.45) is 0 Å². The number of ether oxygens (including phenoxy) is 1. The predicted molar refractivity (Wildman–Crippen MR) is 96.3 cm³/mol. The summed E-state index contributed by atoms with van der Waals surface area (Å²) in [6.45, 7) is 2.60. The molecule has 0 atom stereocenters. The van der Waals surface area contributed by atoms with E-state index >= 15 is 0 Å². The van der Waals surface area contributed by atoms with Crippen molar-refractivity contribution in [3.05, 3.63) is 57.0 Å². The minimum Gasteiger partial charge on any atom is -0.490 e. The second-order valence-corrected chi connectivity index (χ2v) is 6.19. The third-order valence-corrected chi connectivity index (χ3v) is 3.88. The molecule has 0 aliphatic rings. The second kappa shape index (κ2) is 8.44. The van der Waals surface area contributed by atoms with Gasteiger partial charge in [-0.05, 0) is 36.8 Å². The number of anilines is 1. The molecule has 3 nitrogen and oxygen atoms in total. The standard InChI is InChI=1S/C17H16Cl3NO2/c1-2-3-7-23-16-14(19)8-11(9-15(16)20)17(22)21-13-6-4-5-12(18)10-13/h4-6,8-10H,2-3,7H2,1H3,(H,21,22). The van der Waals surface area contributed by atoms with Gasteiger partial charge in [-0.15, -0.1) is 0 Å². The van der Waals surface area contributed by atoms with Gasteiger partial charge < -0.3 is 10.1 Å². The topological polar surface area (TPSA) is 38.3 Å². The molecule has 0 aliphatic carbocycles. The summed E-state index contributed by atoms with van der Waals surface area (Å²) in [5.41, 5.74) is 0.945. The first-order valence-corrected chi connectivity index (χ1v) is 8.33. The van der Waals surface area contributed by atoms with Gasteiger partial charge in [-0.25, -0.2) is 0 Å². The van der Waals surface area contributed by atoms with Crippen LogP contribution in [0.1, 0.15) is 30.1 Å². The molecule has 0 saturated carbocycles. The van der Waals surface area contributed by atoms with Crippen LogP contribution in [0.25, 0.3) is 0 Å². The van der Waals surface area contributed by atoms with Gasteiger partial charge in [0.2, 0.25) is 0 Å². The Balaban J connectivity index is 2.15. The molecule has 0 aromatic heterocycles. The number of carbonyl (C=O) groups is 1. The average molecular weight is 373 g/mol. The fourth-order valence-corrected chi connectivity index (χ4v) is 2.70. The van der Waals surface area contributed by atoms with Crippen LogP contribution < -0.4 is 10.1 Å². The summed E-state index contributed by atoms with van der Waals surface area (Å²) < 4.78 is 5.56. The van der Waals surface area contributed by atoms with E-state index in [9.17, 15) is 4.79 Å². The number of hydrogen-bond acceptors (Lipinski definition) is 2. The molecule has 0 fully saturated rings. The Morgan fingerprint density at radius 1 is 1.13 bits per heavy atom. The summed E-state index contributed by atoms with van der Waals surface area (Å²) >= 11 is 18.2. The maximum atomic E-state index is 12.3. The maximum Gasteiger partial charge on any atom is 0.255 e. The largest absolute Gasteiger partial charge is 0.490 e. The Morgan fingerprint density at radius 3 is 2.43 bits per heavy atom. The lowest BCUT2D eigenvalue weighted by atomic mass is 10.2. The van der Waals surface area contributed by atoms with Gasteiger partial charge in [0.15, 0.2) is 5.75 Å². The smallest absolute Gasteiger partial charge is 0.255 e. The van der Waals surface area contributed by atoms with Gasteiger partial charge in [0.1, 0.15) is 0 Å². The molecule has 122 valence electrons. The molecular weight excluding hydrogens is 357 g/mol. The van der Waals surface area contributed by atoms with E-state index in [-0.39, 0.29) is 5.91 Å². The summed E-state index contributed by atoms with van der Waals surface area (Å²) in [7, 11) is 0. The molecule has 0 radical (unpaired) electrons. The predicted octanol–water partition coefficient (Wildman–Crippen LogP) is 6.08. The zero-order chi connectivity index (χ0) is 16.8. The van der Waals surface area contributed by atoms with Crippen molar-refractivity contribution in [3.63, 3.8) is 0 Å². The Bertz CT molecular complexity index is 681. The summed E-state index contributed by atoms with van der Waals surface area (Å²) in [4.78, 5) is 12.3. The molecule has 0 heterocycles. The maximum absolute atomic E-state index is 12.3. The lowest BCUT2D eigenvalue weighted by Gasteiger charge is -2.12. The van der Waals surface area contributed by atoms with Crippen molar-refractivity contribution >= 4 is 46.4 Å². The van der Waals surface area contributed by atoms with Crippen molar-refractivity contribution in [1.82, 2.24) is 0 Å². The van der Waals surface area contributed by atoms with Crippen molar-refractivity contribution < 1.29 is 9.53 Å². The lowest BCUT2D eigenvalue weighted by Crippen LogP contribution is -2.12. The third-order valence-electron chi connectivity index (χ3n) is 3.09. The fourth-order valence-electron chi connectivity index (χ4n) is 1.92. The first-order valence-electron chi connectivity index (χ1n) is 7.20. The van der Waals surface area contributed by atoms with E-state index in [1.807, 2.05) is 0 Å². The number of benzene rings is 2. The van der Waals surface area contributed by atoms with Crippen LogP contribution in [-0.4, -0.2) is 12.5 Å². The quantitative estimate of drug-likeness (QED) is 0.624. The summed E-state index contributed by atoms with van der Waals surface area (Å²) in [6.07, 6.45) is 1.92. The first kappa shape index (κ1) is 17.9. The number of rotatable bonds is 6. The van der Waals surface area contributed by atoms with E-state index in [0.717, 1.165) is 12.8 Å². The molecule has 2 rings (SSSR count). The number of halogens is 3. The lowest BCUT2D eigenvalue weighted by molar-refractivity contribution is 0.102. The number of carbonyl (C=O) groups excluding carboxylic acids is 1. The SMILES string of the molecule is CCCCOc1c(Cl)cc(C(=O)Nc2cccc(Cl)c2)cc1Cl. The van der Waals surface area contributed by atoms with E-state index in [1.54, 1.807) is 24.3 Å². The third kappa shape index (κ3) is 5.03. The summed E-state index contributed by atoms with van der Waals surface area (Å²) in [5, 5.41) is 3.90. The van der Waals surface area contributed by atoms with Crippen LogP contribution in [0.3, 0.4) is 0 Å². The Labute approximate surface area is 150 Å². The van der Waals surface area contributed by atoms with Crippen LogP contribution in [-0.2, 0) is 0 Å². The normalized spacial score (nSPS) is 10.4. The van der Waals surface area contributed by atoms with Gasteiger partial charge in [0.05, 0.1) is 16.7 Å². The monoisotopic (exact) mass is 371 g/mol. The Morgan fingerprint density at radius 2 is 1.83 bits per heavy atom. The minimum absolute atomic E-state index is 0.310. The fraction of sp³-hybridized carbons (Fsp3) is 0.235. The van der Waals surface area contributed by atoms with Crippen molar-refractivity contribution in [3.8, 4) is 5.75 Å². The Hall–Kier alpha value is -1.42. The van der Waals surface area contributed by atoms with Crippen LogP contribution in [0.5, 0.6) is 5.75 Å². The van der Waals surface area contributed by atoms with Crippen molar-refractivity contribution in [1.29, 1.82) is 0 Å². The molecule has 2 aromatic rings. The van der Waals surface area contributed by atoms with E-state index in [2.05, 4.69) is 12.2 Å². The summed E-state index contributed by atoms with van der Waals surface area (Å²) in [6, 6.07) is 9.96. The van der Waals surface area contributed by atoms with Gasteiger partial charge in [-0.1, -0.05) is 54.2 Å². The highest BCUT2D eigenvalue weighted by atomic mass is 35.5. The zero-order valence-corrected chi connectivity index (χ0v) is 14.8. The first-order chi connectivity index (χ1) is 11.0. The van der Waals surface area contributed by atoms with E-state index < -0.39 is 0 Å². The molecule has 23 heavy (non-hydrogen) atoms. The number of amides is 1. The second-order valence-electron chi connectivity index (χ2n) is 4.94. The van der Waals surface area contributed by atoms with Gasteiger partial charge in [-0.3, -0.25) is 4.79 Å². The van der Waals surface area contributed by atoms with Gasteiger partial charge in [0, 0.05) is 16.3 Å². The molecular formula is C17H16Cl3NO2.